The Morgan fingerprint density at radius 3 is 2.82 bits per heavy atom. The summed E-state index contributed by atoms with van der Waals surface area (Å²) in [6.07, 6.45) is -3.32. The lowest BCUT2D eigenvalue weighted by molar-refractivity contribution is -0.141. The molecule has 0 fully saturated rings. The van der Waals surface area contributed by atoms with Crippen molar-refractivity contribution < 1.29 is 17.9 Å². The van der Waals surface area contributed by atoms with Crippen molar-refractivity contribution >= 4 is 28.4 Å². The first-order valence-corrected chi connectivity index (χ1v) is 6.15. The van der Waals surface area contributed by atoms with Gasteiger partial charge in [-0.1, -0.05) is 17.8 Å². The number of pyridine rings is 1. The van der Waals surface area contributed by atoms with Gasteiger partial charge in [0.15, 0.2) is 0 Å². The average molecular weight is 281 g/mol. The third-order valence-corrected chi connectivity index (χ3v) is 3.05. The monoisotopic (exact) mass is 281 g/mol. The number of ether oxygens (including phenoxy) is 1. The molecule has 0 spiro atoms. The fraction of sp³-hybridized carbons (Fsp3) is 0.400. The Labute approximate surface area is 107 Å². The number of thiocarbonyl (C=S) groups is 1. The second-order valence-corrected chi connectivity index (χ2v) is 4.56. The van der Waals surface area contributed by atoms with E-state index in [1.165, 1.54) is 12.1 Å². The van der Waals surface area contributed by atoms with Crippen LogP contribution in [-0.4, -0.2) is 16.0 Å². The molecule has 0 saturated carbocycles. The van der Waals surface area contributed by atoms with Crippen LogP contribution in [0.4, 0.5) is 13.2 Å². The summed E-state index contributed by atoms with van der Waals surface area (Å²) < 4.78 is 43.0. The number of thioether (sulfide) groups is 1. The maximum atomic E-state index is 12.6. The van der Waals surface area contributed by atoms with Gasteiger partial charge < -0.3 is 4.74 Å². The number of rotatable bonds is 3. The molecule has 0 N–H and O–H groups in total. The first-order valence-electron chi connectivity index (χ1n) is 4.75. The van der Waals surface area contributed by atoms with Crippen LogP contribution in [0, 0.1) is 0 Å². The van der Waals surface area contributed by atoms with Crippen LogP contribution in [0.5, 0.6) is 0 Å². The fourth-order valence-corrected chi connectivity index (χ4v) is 2.11. The Morgan fingerprint density at radius 1 is 1.53 bits per heavy atom. The van der Waals surface area contributed by atoms with Gasteiger partial charge in [-0.15, -0.1) is 0 Å². The normalized spacial score (nSPS) is 11.3. The van der Waals surface area contributed by atoms with E-state index in [1.807, 2.05) is 0 Å². The van der Waals surface area contributed by atoms with Crippen LogP contribution in [0.15, 0.2) is 18.3 Å². The van der Waals surface area contributed by atoms with Gasteiger partial charge in [0.1, 0.15) is 5.69 Å². The summed E-state index contributed by atoms with van der Waals surface area (Å²) in [4.78, 5) is 3.35. The van der Waals surface area contributed by atoms with Gasteiger partial charge in [0, 0.05) is 11.9 Å². The minimum Gasteiger partial charge on any atom is -0.479 e. The SMILES string of the molecule is CCOC(=S)SCc1cccnc1C(F)(F)F. The van der Waals surface area contributed by atoms with Gasteiger partial charge in [-0.3, -0.25) is 4.98 Å². The van der Waals surface area contributed by atoms with E-state index in [1.54, 1.807) is 6.92 Å². The summed E-state index contributed by atoms with van der Waals surface area (Å²) in [5, 5.41) is 0. The van der Waals surface area contributed by atoms with Crippen LogP contribution in [-0.2, 0) is 16.7 Å². The molecule has 1 aromatic heterocycles. The maximum absolute atomic E-state index is 12.6. The summed E-state index contributed by atoms with van der Waals surface area (Å²) in [6.45, 7) is 2.17. The molecular weight excluding hydrogens is 271 g/mol. The summed E-state index contributed by atoms with van der Waals surface area (Å²) in [6, 6.07) is 2.85. The Kier molecular flexibility index (Phi) is 5.20. The minimum absolute atomic E-state index is 0.0987. The van der Waals surface area contributed by atoms with Gasteiger partial charge in [0.05, 0.1) is 6.61 Å². The van der Waals surface area contributed by atoms with Crippen LogP contribution in [0.3, 0.4) is 0 Å². The van der Waals surface area contributed by atoms with E-state index in [9.17, 15) is 13.2 Å². The zero-order valence-electron chi connectivity index (χ0n) is 8.95. The van der Waals surface area contributed by atoms with Crippen molar-refractivity contribution in [1.82, 2.24) is 4.98 Å². The van der Waals surface area contributed by atoms with E-state index in [0.717, 1.165) is 18.0 Å². The van der Waals surface area contributed by atoms with Gasteiger partial charge >= 0.3 is 6.18 Å². The molecular formula is C10H10F3NOS2. The van der Waals surface area contributed by atoms with Crippen LogP contribution in [0.1, 0.15) is 18.2 Å². The molecule has 7 heteroatoms. The van der Waals surface area contributed by atoms with Crippen LogP contribution in [0.25, 0.3) is 0 Å². The van der Waals surface area contributed by atoms with E-state index >= 15 is 0 Å². The van der Waals surface area contributed by atoms with E-state index in [2.05, 4.69) is 4.98 Å². The molecule has 0 aliphatic carbocycles. The summed E-state index contributed by atoms with van der Waals surface area (Å²) >= 11 is 5.88. The second-order valence-electron chi connectivity index (χ2n) is 2.98. The highest BCUT2D eigenvalue weighted by Crippen LogP contribution is 2.31. The third-order valence-electron chi connectivity index (χ3n) is 1.77. The summed E-state index contributed by atoms with van der Waals surface area (Å²) in [5.74, 6) is 0.0987. The number of hydrogen-bond donors (Lipinski definition) is 0. The first-order chi connectivity index (χ1) is 7.95. The molecule has 1 heterocycles. The maximum Gasteiger partial charge on any atom is 0.433 e. The molecule has 1 rings (SSSR count). The molecule has 0 saturated heterocycles. The van der Waals surface area contributed by atoms with Crippen molar-refractivity contribution in [3.05, 3.63) is 29.6 Å². The van der Waals surface area contributed by atoms with Crippen molar-refractivity contribution in [3.8, 4) is 0 Å². The molecule has 1 aromatic rings. The molecule has 0 unspecified atom stereocenters. The lowest BCUT2D eigenvalue weighted by Gasteiger charge is -2.11. The van der Waals surface area contributed by atoms with E-state index in [4.69, 9.17) is 17.0 Å². The predicted octanol–water partition coefficient (Wildman–Crippen LogP) is 3.66. The predicted molar refractivity (Wildman–Crippen MR) is 64.8 cm³/mol. The number of aromatic nitrogens is 1. The molecule has 0 amide bonds. The molecule has 0 atom stereocenters. The van der Waals surface area contributed by atoms with Crippen LogP contribution < -0.4 is 0 Å². The smallest absolute Gasteiger partial charge is 0.433 e. The van der Waals surface area contributed by atoms with Gasteiger partial charge in [-0.05, 0) is 30.8 Å². The lowest BCUT2D eigenvalue weighted by Crippen LogP contribution is -2.11. The molecule has 94 valence electrons. The molecule has 0 bridgehead atoms. The van der Waals surface area contributed by atoms with Gasteiger partial charge in [-0.2, -0.15) is 13.2 Å². The number of alkyl halides is 3. The van der Waals surface area contributed by atoms with Gasteiger partial charge in [-0.25, -0.2) is 0 Å². The Bertz CT molecular complexity index is 395. The van der Waals surface area contributed by atoms with E-state index < -0.39 is 11.9 Å². The van der Waals surface area contributed by atoms with Crippen molar-refractivity contribution in [3.63, 3.8) is 0 Å². The molecule has 0 aliphatic heterocycles. The van der Waals surface area contributed by atoms with Gasteiger partial charge in [0.2, 0.25) is 4.38 Å². The number of hydrogen-bond acceptors (Lipinski definition) is 4. The number of nitrogens with zero attached hydrogens (tertiary/aromatic N) is 1. The summed E-state index contributed by atoms with van der Waals surface area (Å²) in [7, 11) is 0. The van der Waals surface area contributed by atoms with Crippen molar-refractivity contribution in [2.24, 2.45) is 0 Å². The highest BCUT2D eigenvalue weighted by molar-refractivity contribution is 8.22. The molecule has 17 heavy (non-hydrogen) atoms. The van der Waals surface area contributed by atoms with Crippen molar-refractivity contribution in [2.45, 2.75) is 18.9 Å². The minimum atomic E-state index is -4.44. The summed E-state index contributed by atoms with van der Waals surface area (Å²) in [5.41, 5.74) is -0.765. The molecule has 0 aliphatic rings. The van der Waals surface area contributed by atoms with E-state index in [0.29, 0.717) is 6.61 Å². The highest BCUT2D eigenvalue weighted by Gasteiger charge is 2.34. The van der Waals surface area contributed by atoms with Gasteiger partial charge in [0.25, 0.3) is 0 Å². The Morgan fingerprint density at radius 2 is 2.24 bits per heavy atom. The zero-order chi connectivity index (χ0) is 12.9. The van der Waals surface area contributed by atoms with E-state index in [-0.39, 0.29) is 15.7 Å². The quantitative estimate of drug-likeness (QED) is 0.788. The fourth-order valence-electron chi connectivity index (χ4n) is 1.11. The topological polar surface area (TPSA) is 22.1 Å². The lowest BCUT2D eigenvalue weighted by atomic mass is 10.2. The second kappa shape index (κ2) is 6.20. The van der Waals surface area contributed by atoms with Crippen LogP contribution >= 0.6 is 24.0 Å². The van der Waals surface area contributed by atoms with Crippen LogP contribution in [0.2, 0.25) is 0 Å². The standard InChI is InChI=1S/C10H10F3NOS2/c1-2-15-9(16)17-6-7-4-3-5-14-8(7)10(11,12)13/h3-5H,2,6H2,1H3. The largest absolute Gasteiger partial charge is 0.479 e. The van der Waals surface area contributed by atoms with Crippen molar-refractivity contribution in [2.75, 3.05) is 6.61 Å². The number of halogens is 3. The molecule has 0 radical (unpaired) electrons. The Balaban J connectivity index is 2.74. The van der Waals surface area contributed by atoms with Crippen molar-refractivity contribution in [1.29, 1.82) is 0 Å². The molecule has 0 aromatic carbocycles. The first kappa shape index (κ1) is 14.2. The zero-order valence-corrected chi connectivity index (χ0v) is 10.6. The molecule has 2 nitrogen and oxygen atoms in total. The highest BCUT2D eigenvalue weighted by atomic mass is 32.2. The third kappa shape index (κ3) is 4.51. The average Bonchev–Trinajstić information content (AvgIpc) is 2.26. The Hall–Kier alpha value is -0.820.